The lowest BCUT2D eigenvalue weighted by atomic mass is 10.1. The van der Waals surface area contributed by atoms with Crippen molar-refractivity contribution in [2.24, 2.45) is 0 Å². The molecule has 0 saturated carbocycles. The van der Waals surface area contributed by atoms with Crippen molar-refractivity contribution in [2.75, 3.05) is 32.8 Å². The van der Waals surface area contributed by atoms with Gasteiger partial charge in [-0.2, -0.15) is 5.26 Å². The van der Waals surface area contributed by atoms with Crippen LogP contribution in [-0.2, 0) is 11.2 Å². The number of benzene rings is 1. The van der Waals surface area contributed by atoms with Gasteiger partial charge in [0.15, 0.2) is 0 Å². The summed E-state index contributed by atoms with van der Waals surface area (Å²) in [6.07, 6.45) is 0.402. The van der Waals surface area contributed by atoms with Gasteiger partial charge < -0.3 is 9.64 Å². The number of hydrogen-bond acceptors (Lipinski definition) is 5. The van der Waals surface area contributed by atoms with Gasteiger partial charge in [0.05, 0.1) is 19.1 Å². The Hall–Kier alpha value is -2.36. The van der Waals surface area contributed by atoms with Crippen molar-refractivity contribution in [2.45, 2.75) is 19.4 Å². The summed E-state index contributed by atoms with van der Waals surface area (Å²) >= 11 is 1.61. The second kappa shape index (κ2) is 8.84. The van der Waals surface area contributed by atoms with Gasteiger partial charge in [-0.1, -0.05) is 18.2 Å². The third kappa shape index (κ3) is 4.43. The first-order valence-electron chi connectivity index (χ1n) is 8.88. The highest BCUT2D eigenvalue weighted by Crippen LogP contribution is 2.25. The van der Waals surface area contributed by atoms with E-state index in [0.717, 1.165) is 29.3 Å². The standard InChI is InChI=1S/C20H23N3O2S/c1-2-25-17-7-5-16(6-8-17)14-20(24)23-11-9-22(10-12-23)18(15-21)19-4-3-13-26-19/h3-8,13,18H,2,9-12,14H2,1H3. The fourth-order valence-electron chi connectivity index (χ4n) is 3.16. The molecule has 1 aromatic heterocycles. The molecule has 1 aliphatic heterocycles. The highest BCUT2D eigenvalue weighted by atomic mass is 32.1. The fraction of sp³-hybridized carbons (Fsp3) is 0.400. The number of ether oxygens (including phenoxy) is 1. The highest BCUT2D eigenvalue weighted by molar-refractivity contribution is 7.10. The van der Waals surface area contributed by atoms with Gasteiger partial charge in [0, 0.05) is 31.1 Å². The minimum absolute atomic E-state index is 0.137. The molecule has 6 heteroatoms. The lowest BCUT2D eigenvalue weighted by molar-refractivity contribution is -0.132. The first kappa shape index (κ1) is 18.4. The number of carbonyl (C=O) groups excluding carboxylic acids is 1. The minimum atomic E-state index is -0.210. The Bertz CT molecular complexity index is 744. The molecule has 0 radical (unpaired) electrons. The summed E-state index contributed by atoms with van der Waals surface area (Å²) < 4.78 is 5.43. The minimum Gasteiger partial charge on any atom is -0.494 e. The number of amides is 1. The molecule has 1 aromatic carbocycles. The Kier molecular flexibility index (Phi) is 6.26. The average molecular weight is 369 g/mol. The number of rotatable bonds is 6. The van der Waals surface area contributed by atoms with E-state index in [-0.39, 0.29) is 11.9 Å². The third-order valence-corrected chi connectivity index (χ3v) is 5.48. The molecule has 5 nitrogen and oxygen atoms in total. The van der Waals surface area contributed by atoms with Gasteiger partial charge >= 0.3 is 0 Å². The number of hydrogen-bond donors (Lipinski definition) is 0. The summed E-state index contributed by atoms with van der Waals surface area (Å²) in [6.45, 7) is 5.37. The molecule has 1 unspecified atom stereocenters. The normalized spacial score (nSPS) is 16.1. The summed E-state index contributed by atoms with van der Waals surface area (Å²) in [4.78, 5) is 17.7. The summed E-state index contributed by atoms with van der Waals surface area (Å²) in [5.74, 6) is 0.965. The lowest BCUT2D eigenvalue weighted by Crippen LogP contribution is -2.49. The molecule has 1 atom stereocenters. The number of carbonyl (C=O) groups is 1. The van der Waals surface area contributed by atoms with Crippen molar-refractivity contribution in [1.29, 1.82) is 5.26 Å². The molecule has 1 fully saturated rings. The molecule has 0 aliphatic carbocycles. The molecule has 1 saturated heterocycles. The zero-order valence-corrected chi connectivity index (χ0v) is 15.7. The van der Waals surface area contributed by atoms with Crippen molar-refractivity contribution in [3.05, 3.63) is 52.2 Å². The van der Waals surface area contributed by atoms with Gasteiger partial charge in [0.25, 0.3) is 0 Å². The molecule has 136 valence electrons. The van der Waals surface area contributed by atoms with Crippen LogP contribution in [0.4, 0.5) is 0 Å². The number of thiophene rings is 1. The third-order valence-electron chi connectivity index (χ3n) is 4.56. The smallest absolute Gasteiger partial charge is 0.227 e. The van der Waals surface area contributed by atoms with E-state index in [0.29, 0.717) is 26.1 Å². The molecule has 0 spiro atoms. The zero-order valence-electron chi connectivity index (χ0n) is 14.9. The van der Waals surface area contributed by atoms with Gasteiger partial charge in [0.2, 0.25) is 5.91 Å². The number of nitriles is 1. The van der Waals surface area contributed by atoms with E-state index >= 15 is 0 Å². The summed E-state index contributed by atoms with van der Waals surface area (Å²) in [6, 6.07) is 13.9. The largest absolute Gasteiger partial charge is 0.494 e. The molecule has 1 amide bonds. The molecule has 2 aromatic rings. The second-order valence-corrected chi connectivity index (χ2v) is 7.20. The maximum atomic E-state index is 12.6. The first-order chi connectivity index (χ1) is 12.7. The number of nitrogens with zero attached hydrogens (tertiary/aromatic N) is 3. The van der Waals surface area contributed by atoms with Crippen LogP contribution in [0.3, 0.4) is 0 Å². The van der Waals surface area contributed by atoms with Gasteiger partial charge in [-0.3, -0.25) is 9.69 Å². The Morgan fingerprint density at radius 3 is 2.54 bits per heavy atom. The molecule has 0 N–H and O–H groups in total. The molecular formula is C20H23N3O2S. The Morgan fingerprint density at radius 1 is 1.23 bits per heavy atom. The Morgan fingerprint density at radius 2 is 1.96 bits per heavy atom. The Balaban J connectivity index is 1.52. The maximum Gasteiger partial charge on any atom is 0.227 e. The van der Waals surface area contributed by atoms with Crippen LogP contribution in [0.5, 0.6) is 5.75 Å². The van der Waals surface area contributed by atoms with E-state index in [4.69, 9.17) is 4.74 Å². The van der Waals surface area contributed by atoms with E-state index in [1.54, 1.807) is 11.3 Å². The van der Waals surface area contributed by atoms with Crippen LogP contribution in [0.1, 0.15) is 23.4 Å². The molecule has 26 heavy (non-hydrogen) atoms. The van der Waals surface area contributed by atoms with E-state index in [2.05, 4.69) is 11.0 Å². The summed E-state index contributed by atoms with van der Waals surface area (Å²) in [5.41, 5.74) is 0.995. The van der Waals surface area contributed by atoms with E-state index < -0.39 is 0 Å². The van der Waals surface area contributed by atoms with Crippen LogP contribution in [-0.4, -0.2) is 48.5 Å². The van der Waals surface area contributed by atoms with E-state index in [9.17, 15) is 10.1 Å². The SMILES string of the molecule is CCOc1ccc(CC(=O)N2CCN(C(C#N)c3cccs3)CC2)cc1. The van der Waals surface area contributed by atoms with Crippen LogP contribution in [0, 0.1) is 11.3 Å². The first-order valence-corrected chi connectivity index (χ1v) is 9.75. The molecule has 3 rings (SSSR count). The lowest BCUT2D eigenvalue weighted by Gasteiger charge is -2.36. The molecular weight excluding hydrogens is 346 g/mol. The Labute approximate surface area is 158 Å². The summed E-state index contributed by atoms with van der Waals surface area (Å²) in [5, 5.41) is 11.5. The topological polar surface area (TPSA) is 56.6 Å². The maximum absolute atomic E-state index is 12.6. The van der Waals surface area contributed by atoms with Crippen molar-refractivity contribution < 1.29 is 9.53 Å². The second-order valence-electron chi connectivity index (χ2n) is 6.22. The van der Waals surface area contributed by atoms with Crippen LogP contribution in [0.2, 0.25) is 0 Å². The van der Waals surface area contributed by atoms with E-state index in [1.807, 2.05) is 53.6 Å². The quantitative estimate of drug-likeness (QED) is 0.785. The number of piperazine rings is 1. The van der Waals surface area contributed by atoms with Crippen LogP contribution >= 0.6 is 11.3 Å². The van der Waals surface area contributed by atoms with Crippen LogP contribution in [0.25, 0.3) is 0 Å². The highest BCUT2D eigenvalue weighted by Gasteiger charge is 2.27. The predicted molar refractivity (Wildman–Crippen MR) is 102 cm³/mol. The van der Waals surface area contributed by atoms with Gasteiger partial charge in [0.1, 0.15) is 11.8 Å². The fourth-order valence-corrected chi connectivity index (χ4v) is 3.96. The monoisotopic (exact) mass is 369 g/mol. The molecule has 1 aliphatic rings. The van der Waals surface area contributed by atoms with Gasteiger partial charge in [-0.05, 0) is 36.1 Å². The zero-order chi connectivity index (χ0) is 18.4. The van der Waals surface area contributed by atoms with Crippen molar-refractivity contribution in [3.63, 3.8) is 0 Å². The van der Waals surface area contributed by atoms with Crippen LogP contribution < -0.4 is 4.74 Å². The van der Waals surface area contributed by atoms with Crippen molar-refractivity contribution >= 4 is 17.2 Å². The van der Waals surface area contributed by atoms with Gasteiger partial charge in [-0.25, -0.2) is 0 Å². The van der Waals surface area contributed by atoms with Crippen LogP contribution in [0.15, 0.2) is 41.8 Å². The molecule has 2 heterocycles. The van der Waals surface area contributed by atoms with Gasteiger partial charge in [-0.15, -0.1) is 11.3 Å². The van der Waals surface area contributed by atoms with E-state index in [1.165, 1.54) is 0 Å². The van der Waals surface area contributed by atoms with Crippen molar-refractivity contribution in [1.82, 2.24) is 9.80 Å². The summed E-state index contributed by atoms with van der Waals surface area (Å²) in [7, 11) is 0. The van der Waals surface area contributed by atoms with Crippen molar-refractivity contribution in [3.8, 4) is 11.8 Å². The predicted octanol–water partition coefficient (Wildman–Crippen LogP) is 3.10. The average Bonchev–Trinajstić information content (AvgIpc) is 3.19. The molecule has 0 bridgehead atoms.